The fourth-order valence-electron chi connectivity index (χ4n) is 4.60. The number of hydrogen-bond acceptors (Lipinski definition) is 4. The zero-order valence-electron chi connectivity index (χ0n) is 17.3. The van der Waals surface area contributed by atoms with Gasteiger partial charge in [-0.1, -0.05) is 24.3 Å². The number of fused-ring (bicyclic) bond motifs is 2. The Morgan fingerprint density at radius 2 is 1.58 bits per heavy atom. The molecular formula is C25H25N3O3. The molecule has 158 valence electrons. The van der Waals surface area contributed by atoms with E-state index in [0.717, 1.165) is 29.9 Å². The second kappa shape index (κ2) is 8.40. The standard InChI is InChI=1S/C25H25N3O3/c29-24(26-16-22(23-12-7-15-31-23)27-13-5-6-14-27)17-28-20-10-3-1-8-18(20)25(30)19-9-2-4-11-21(19)28/h1-4,7-12,15,22H,5-6,13-14,16-17H2,(H,26,29). The third kappa shape index (κ3) is 3.75. The van der Waals surface area contributed by atoms with Gasteiger partial charge in [0, 0.05) is 17.3 Å². The van der Waals surface area contributed by atoms with Crippen LogP contribution in [0.2, 0.25) is 0 Å². The van der Waals surface area contributed by atoms with Crippen molar-refractivity contribution in [1.29, 1.82) is 0 Å². The van der Waals surface area contributed by atoms with Crippen LogP contribution in [0.25, 0.3) is 21.8 Å². The molecule has 2 aromatic carbocycles. The second-order valence-corrected chi connectivity index (χ2v) is 8.03. The Balaban J connectivity index is 1.42. The Hall–Kier alpha value is -3.38. The number of carbonyl (C=O) groups is 1. The lowest BCUT2D eigenvalue weighted by Gasteiger charge is -2.26. The van der Waals surface area contributed by atoms with E-state index in [1.54, 1.807) is 6.26 Å². The third-order valence-electron chi connectivity index (χ3n) is 6.13. The summed E-state index contributed by atoms with van der Waals surface area (Å²) in [6.45, 7) is 2.65. The van der Waals surface area contributed by atoms with Crippen molar-refractivity contribution in [2.45, 2.75) is 25.4 Å². The quantitative estimate of drug-likeness (QED) is 0.488. The number of carbonyl (C=O) groups excluding carboxylic acids is 1. The number of para-hydroxylation sites is 2. The molecule has 1 N–H and O–H groups in total. The van der Waals surface area contributed by atoms with Crippen LogP contribution in [0, 0.1) is 0 Å². The van der Waals surface area contributed by atoms with Crippen molar-refractivity contribution in [2.75, 3.05) is 19.6 Å². The van der Waals surface area contributed by atoms with E-state index in [1.165, 1.54) is 12.8 Å². The molecule has 0 saturated carbocycles. The zero-order chi connectivity index (χ0) is 21.2. The maximum atomic E-state index is 13.0. The van der Waals surface area contributed by atoms with Gasteiger partial charge in [-0.05, 0) is 62.3 Å². The lowest BCUT2D eigenvalue weighted by Crippen LogP contribution is -2.38. The number of nitrogens with zero attached hydrogens (tertiary/aromatic N) is 2. The molecule has 2 aromatic heterocycles. The van der Waals surface area contributed by atoms with Gasteiger partial charge in [0.05, 0.1) is 23.3 Å². The molecule has 0 bridgehead atoms. The fourth-order valence-corrected chi connectivity index (χ4v) is 4.60. The monoisotopic (exact) mass is 415 g/mol. The zero-order valence-corrected chi connectivity index (χ0v) is 17.3. The number of furan rings is 1. The van der Waals surface area contributed by atoms with E-state index < -0.39 is 0 Å². The summed E-state index contributed by atoms with van der Waals surface area (Å²) in [5.74, 6) is 0.788. The van der Waals surface area contributed by atoms with Crippen LogP contribution >= 0.6 is 0 Å². The summed E-state index contributed by atoms with van der Waals surface area (Å²) < 4.78 is 7.58. The molecule has 5 rings (SSSR count). The number of pyridine rings is 1. The van der Waals surface area contributed by atoms with Crippen molar-refractivity contribution in [3.63, 3.8) is 0 Å². The number of rotatable bonds is 6. The van der Waals surface area contributed by atoms with Gasteiger partial charge in [-0.3, -0.25) is 14.5 Å². The highest BCUT2D eigenvalue weighted by Crippen LogP contribution is 2.25. The molecule has 0 radical (unpaired) electrons. The van der Waals surface area contributed by atoms with Crippen molar-refractivity contribution in [2.24, 2.45) is 0 Å². The number of aromatic nitrogens is 1. The largest absolute Gasteiger partial charge is 0.468 e. The molecule has 0 aliphatic carbocycles. The van der Waals surface area contributed by atoms with E-state index in [-0.39, 0.29) is 23.9 Å². The molecule has 4 aromatic rings. The maximum Gasteiger partial charge on any atom is 0.240 e. The predicted molar refractivity (Wildman–Crippen MR) is 121 cm³/mol. The molecule has 1 aliphatic rings. The molecule has 1 amide bonds. The van der Waals surface area contributed by atoms with E-state index in [1.807, 2.05) is 65.2 Å². The molecule has 1 atom stereocenters. The van der Waals surface area contributed by atoms with Crippen molar-refractivity contribution >= 4 is 27.7 Å². The smallest absolute Gasteiger partial charge is 0.240 e. The van der Waals surface area contributed by atoms with Gasteiger partial charge in [-0.2, -0.15) is 0 Å². The highest BCUT2D eigenvalue weighted by molar-refractivity contribution is 5.94. The van der Waals surface area contributed by atoms with Crippen LogP contribution in [0.5, 0.6) is 0 Å². The van der Waals surface area contributed by atoms with Crippen LogP contribution in [0.4, 0.5) is 0 Å². The Bertz CT molecular complexity index is 1210. The molecule has 6 nitrogen and oxygen atoms in total. The predicted octanol–water partition coefficient (Wildman–Crippen LogP) is 3.70. The van der Waals surface area contributed by atoms with E-state index in [4.69, 9.17) is 4.42 Å². The normalized spacial score (nSPS) is 15.5. The first-order chi connectivity index (χ1) is 15.2. The van der Waals surface area contributed by atoms with Crippen LogP contribution in [0.3, 0.4) is 0 Å². The van der Waals surface area contributed by atoms with Gasteiger partial charge in [-0.15, -0.1) is 0 Å². The number of hydrogen-bond donors (Lipinski definition) is 1. The third-order valence-corrected chi connectivity index (χ3v) is 6.13. The second-order valence-electron chi connectivity index (χ2n) is 8.03. The van der Waals surface area contributed by atoms with Gasteiger partial charge >= 0.3 is 0 Å². The Morgan fingerprint density at radius 1 is 0.935 bits per heavy atom. The summed E-state index contributed by atoms with van der Waals surface area (Å²) in [6.07, 6.45) is 4.01. The van der Waals surface area contributed by atoms with Crippen LogP contribution in [0.15, 0.2) is 76.1 Å². The van der Waals surface area contributed by atoms with E-state index in [2.05, 4.69) is 10.2 Å². The summed E-state index contributed by atoms with van der Waals surface area (Å²) in [5.41, 5.74) is 1.53. The Labute approximate surface area is 180 Å². The van der Waals surface area contributed by atoms with Crippen LogP contribution in [0.1, 0.15) is 24.6 Å². The summed E-state index contributed by atoms with van der Waals surface area (Å²) >= 11 is 0. The summed E-state index contributed by atoms with van der Waals surface area (Å²) in [7, 11) is 0. The van der Waals surface area contributed by atoms with Crippen molar-refractivity contribution in [1.82, 2.24) is 14.8 Å². The van der Waals surface area contributed by atoms with Gasteiger partial charge in [0.25, 0.3) is 0 Å². The van der Waals surface area contributed by atoms with Crippen LogP contribution in [-0.2, 0) is 11.3 Å². The van der Waals surface area contributed by atoms with Crippen molar-refractivity contribution in [3.05, 3.63) is 82.9 Å². The molecule has 1 unspecified atom stereocenters. The lowest BCUT2D eigenvalue weighted by atomic mass is 10.1. The first kappa shape index (κ1) is 19.6. The van der Waals surface area contributed by atoms with Gasteiger partial charge in [0.1, 0.15) is 12.3 Å². The number of likely N-dealkylation sites (tertiary alicyclic amines) is 1. The molecule has 6 heteroatoms. The number of benzene rings is 2. The van der Waals surface area contributed by atoms with Crippen LogP contribution in [-0.4, -0.2) is 35.0 Å². The maximum absolute atomic E-state index is 13.0. The summed E-state index contributed by atoms with van der Waals surface area (Å²) in [6, 6.07) is 18.8. The van der Waals surface area contributed by atoms with Crippen molar-refractivity contribution < 1.29 is 9.21 Å². The summed E-state index contributed by atoms with van der Waals surface area (Å²) in [4.78, 5) is 28.3. The van der Waals surface area contributed by atoms with E-state index >= 15 is 0 Å². The van der Waals surface area contributed by atoms with Gasteiger partial charge in [0.2, 0.25) is 5.91 Å². The first-order valence-electron chi connectivity index (χ1n) is 10.8. The molecule has 1 saturated heterocycles. The molecule has 1 fully saturated rings. The average molecular weight is 415 g/mol. The average Bonchev–Trinajstić information content (AvgIpc) is 3.52. The van der Waals surface area contributed by atoms with Crippen molar-refractivity contribution in [3.8, 4) is 0 Å². The Kier molecular flexibility index (Phi) is 5.30. The summed E-state index contributed by atoms with van der Waals surface area (Å²) in [5, 5.41) is 4.35. The van der Waals surface area contributed by atoms with Gasteiger partial charge in [-0.25, -0.2) is 0 Å². The molecule has 0 spiro atoms. The Morgan fingerprint density at radius 3 is 2.19 bits per heavy atom. The minimum atomic E-state index is -0.0882. The lowest BCUT2D eigenvalue weighted by molar-refractivity contribution is -0.121. The topological polar surface area (TPSA) is 67.5 Å². The highest BCUT2D eigenvalue weighted by atomic mass is 16.3. The van der Waals surface area contributed by atoms with E-state index in [0.29, 0.717) is 17.3 Å². The fraction of sp³-hybridized carbons (Fsp3) is 0.280. The minimum absolute atomic E-state index is 0.00484. The van der Waals surface area contributed by atoms with Crippen LogP contribution < -0.4 is 10.7 Å². The number of nitrogens with one attached hydrogen (secondary N) is 1. The molecule has 1 aliphatic heterocycles. The molecule has 3 heterocycles. The molecular weight excluding hydrogens is 390 g/mol. The minimum Gasteiger partial charge on any atom is -0.468 e. The van der Waals surface area contributed by atoms with E-state index in [9.17, 15) is 9.59 Å². The molecule has 31 heavy (non-hydrogen) atoms. The highest BCUT2D eigenvalue weighted by Gasteiger charge is 2.26. The number of amides is 1. The van der Waals surface area contributed by atoms with Gasteiger partial charge < -0.3 is 14.3 Å². The first-order valence-corrected chi connectivity index (χ1v) is 10.8. The SMILES string of the molecule is O=C(Cn1c2ccccc2c(=O)c2ccccc21)NCC(c1ccco1)N1CCCC1. The van der Waals surface area contributed by atoms with Gasteiger partial charge in [0.15, 0.2) is 5.43 Å².